The molecular formula is C48H43B13N2O. The van der Waals surface area contributed by atoms with Crippen LogP contribution in [-0.4, -0.2) is 111 Å². The Balaban J connectivity index is 1.15. The Bertz CT molecular complexity index is 3870. The molecule has 3 aromatic heterocycles. The minimum Gasteiger partial charge on any atom is -0.456 e. The van der Waals surface area contributed by atoms with Crippen LogP contribution in [-0.2, 0) is 0 Å². The van der Waals surface area contributed by atoms with E-state index in [1.54, 1.807) is 0 Å². The Hall–Kier alpha value is -6.00. The maximum atomic E-state index is 6.74. The fourth-order valence-electron chi connectivity index (χ4n) is 11.7. The van der Waals surface area contributed by atoms with Crippen LogP contribution in [0.4, 0.5) is 0 Å². The molecule has 0 aliphatic carbocycles. The van der Waals surface area contributed by atoms with Crippen LogP contribution in [0.5, 0.6) is 0 Å². The molecule has 0 unspecified atom stereocenters. The fraction of sp³-hybridized carbons (Fsp3) is 0. The Morgan fingerprint density at radius 1 is 0.328 bits per heavy atom. The summed E-state index contributed by atoms with van der Waals surface area (Å²) in [6.45, 7) is 0. The lowest BCUT2D eigenvalue weighted by Gasteiger charge is -2.27. The van der Waals surface area contributed by atoms with Gasteiger partial charge in [-0.3, -0.25) is 0 Å². The number of furan rings is 1. The van der Waals surface area contributed by atoms with Gasteiger partial charge in [0.2, 0.25) is 0 Å². The van der Waals surface area contributed by atoms with E-state index in [4.69, 9.17) is 4.42 Å². The van der Waals surface area contributed by atoms with Crippen molar-refractivity contribution in [2.75, 3.05) is 0 Å². The highest BCUT2D eigenvalue weighted by Crippen LogP contribution is 2.41. The number of hydrogen-bond acceptors (Lipinski definition) is 1. The highest BCUT2D eigenvalue weighted by Gasteiger charge is 2.24. The van der Waals surface area contributed by atoms with E-state index in [2.05, 4.69) is 214 Å². The second-order valence-corrected chi connectivity index (χ2v) is 18.8. The van der Waals surface area contributed by atoms with Crippen molar-refractivity contribution >= 4 is 239 Å². The average molecular weight is 804 g/mol. The van der Waals surface area contributed by atoms with E-state index < -0.39 is 0 Å². The van der Waals surface area contributed by atoms with Crippen molar-refractivity contribution in [3.8, 4) is 33.6 Å². The summed E-state index contributed by atoms with van der Waals surface area (Å²) in [6.07, 6.45) is 0. The SMILES string of the molecule is Bc1c(B)c(B)c(-c2c(B)c(B)c(B)c(-c3ccc4oc5cccc(-n6c7ccccc7c7cc(-n8c9ccccc9c9c(B)c(B)c(B)c(B)c98)ccc76)c5c4c3)c2B)c(B)c1B. The highest BCUT2D eigenvalue weighted by molar-refractivity contribution is 6.71. The summed E-state index contributed by atoms with van der Waals surface area (Å²) in [5.74, 6) is 0. The highest BCUT2D eigenvalue weighted by atomic mass is 16.3. The zero-order chi connectivity index (χ0) is 44.8. The monoisotopic (exact) mass is 806 g/mol. The second-order valence-electron chi connectivity index (χ2n) is 18.8. The fourth-order valence-corrected chi connectivity index (χ4v) is 11.7. The van der Waals surface area contributed by atoms with Crippen LogP contribution >= 0.6 is 0 Å². The smallest absolute Gasteiger partial charge is 0.141 e. The zero-order valence-corrected chi connectivity index (χ0v) is 39.6. The van der Waals surface area contributed by atoms with Gasteiger partial charge >= 0.3 is 0 Å². The lowest BCUT2D eigenvalue weighted by Crippen LogP contribution is -2.57. The van der Waals surface area contributed by atoms with Crippen molar-refractivity contribution < 1.29 is 4.42 Å². The second kappa shape index (κ2) is 14.5. The number of hydrogen-bond donors (Lipinski definition) is 0. The van der Waals surface area contributed by atoms with Crippen LogP contribution in [0.15, 0.2) is 108 Å². The molecule has 290 valence electrons. The molecule has 0 N–H and O–H groups in total. The topological polar surface area (TPSA) is 23.0 Å². The van der Waals surface area contributed by atoms with Crippen molar-refractivity contribution in [2.45, 2.75) is 0 Å². The van der Waals surface area contributed by atoms with Crippen molar-refractivity contribution in [3.63, 3.8) is 0 Å². The third-order valence-electron chi connectivity index (χ3n) is 16.1. The van der Waals surface area contributed by atoms with Gasteiger partial charge in [0.05, 0.1) is 27.6 Å². The number of aromatic nitrogens is 2. The molecule has 11 aromatic rings. The van der Waals surface area contributed by atoms with E-state index in [1.165, 1.54) is 143 Å². The first-order chi connectivity index (χ1) is 30.7. The van der Waals surface area contributed by atoms with Gasteiger partial charge in [-0.15, -0.1) is 27.3 Å². The third-order valence-corrected chi connectivity index (χ3v) is 16.1. The molecule has 0 aliphatic rings. The average Bonchev–Trinajstić information content (AvgIpc) is 3.97. The molecule has 0 saturated carbocycles. The van der Waals surface area contributed by atoms with Gasteiger partial charge in [0.15, 0.2) is 0 Å². The van der Waals surface area contributed by atoms with Crippen molar-refractivity contribution in [2.24, 2.45) is 0 Å². The zero-order valence-electron chi connectivity index (χ0n) is 39.6. The van der Waals surface area contributed by atoms with Crippen LogP contribution in [0, 0.1) is 0 Å². The molecule has 0 atom stereocenters. The van der Waals surface area contributed by atoms with E-state index in [-0.39, 0.29) is 0 Å². The quantitative estimate of drug-likeness (QED) is 0.163. The first-order valence-corrected chi connectivity index (χ1v) is 22.9. The molecule has 0 amide bonds. The van der Waals surface area contributed by atoms with Crippen molar-refractivity contribution in [3.05, 3.63) is 103 Å². The van der Waals surface area contributed by atoms with E-state index >= 15 is 0 Å². The van der Waals surface area contributed by atoms with Gasteiger partial charge in [-0.2, -0.15) is 0 Å². The summed E-state index contributed by atoms with van der Waals surface area (Å²) in [5, 5.41) is 7.36. The molecule has 16 heteroatoms. The third kappa shape index (κ3) is 5.47. The molecule has 8 aromatic carbocycles. The van der Waals surface area contributed by atoms with Gasteiger partial charge < -0.3 is 13.6 Å². The van der Waals surface area contributed by atoms with Gasteiger partial charge in [0.25, 0.3) is 0 Å². The summed E-state index contributed by atoms with van der Waals surface area (Å²) in [6, 6.07) is 38.3. The number of para-hydroxylation sites is 2. The number of benzene rings is 8. The molecule has 0 saturated heterocycles. The summed E-state index contributed by atoms with van der Waals surface area (Å²) >= 11 is 0. The molecule has 11 rings (SSSR count). The van der Waals surface area contributed by atoms with E-state index in [1.807, 2.05) is 0 Å². The Morgan fingerprint density at radius 3 is 1.58 bits per heavy atom. The molecule has 0 fully saturated rings. The summed E-state index contributed by atoms with van der Waals surface area (Å²) in [4.78, 5) is 0. The van der Waals surface area contributed by atoms with Crippen LogP contribution in [0.25, 0.3) is 99.2 Å². The minimum atomic E-state index is 0.889. The summed E-state index contributed by atoms with van der Waals surface area (Å²) in [7, 11) is 29.9. The maximum absolute atomic E-state index is 6.74. The van der Waals surface area contributed by atoms with Crippen LogP contribution in [0.1, 0.15) is 0 Å². The molecule has 64 heavy (non-hydrogen) atoms. The number of nitrogens with zero attached hydrogens (tertiary/aromatic N) is 2. The number of fused-ring (bicyclic) bond motifs is 9. The van der Waals surface area contributed by atoms with Gasteiger partial charge in [-0.05, 0) is 76.9 Å². The predicted octanol–water partition coefficient (Wildman–Crippen LogP) is -9.53. The minimum absolute atomic E-state index is 0.889. The molecule has 0 radical (unpaired) electrons. The van der Waals surface area contributed by atoms with Gasteiger partial charge in [0, 0.05) is 38.1 Å². The van der Waals surface area contributed by atoms with Gasteiger partial charge in [-0.1, -0.05) is 92.2 Å². The van der Waals surface area contributed by atoms with Crippen LogP contribution in [0.2, 0.25) is 0 Å². The van der Waals surface area contributed by atoms with Crippen molar-refractivity contribution in [1.29, 1.82) is 0 Å². The number of rotatable bonds is 4. The van der Waals surface area contributed by atoms with E-state index in [0.717, 1.165) is 27.6 Å². The lowest BCUT2D eigenvalue weighted by molar-refractivity contribution is 0.669. The normalized spacial score (nSPS) is 11.9. The van der Waals surface area contributed by atoms with Crippen molar-refractivity contribution in [1.82, 2.24) is 9.13 Å². The largest absolute Gasteiger partial charge is 0.456 e. The summed E-state index contributed by atoms with van der Waals surface area (Å²) < 4.78 is 11.7. The molecule has 0 aliphatic heterocycles. The first kappa shape index (κ1) is 40.8. The molecule has 3 heterocycles. The molecule has 0 bridgehead atoms. The Kier molecular flexibility index (Phi) is 9.24. The molecule has 3 nitrogen and oxygen atoms in total. The molecular weight excluding hydrogens is 761 g/mol. The lowest BCUT2D eigenvalue weighted by atomic mass is 9.56. The van der Waals surface area contributed by atoms with Crippen LogP contribution < -0.4 is 71.0 Å². The van der Waals surface area contributed by atoms with Crippen LogP contribution in [0.3, 0.4) is 0 Å². The Morgan fingerprint density at radius 2 is 0.875 bits per heavy atom. The summed E-state index contributed by atoms with van der Waals surface area (Å²) in [5.41, 5.74) is 32.0. The van der Waals surface area contributed by atoms with Gasteiger partial charge in [-0.25, -0.2) is 0 Å². The Labute approximate surface area is 386 Å². The standard InChI is InChI=1S/C48H43B13N2O/c49-35-30(36(50)41(55)38(52)33(35)34-39(53)43(57)45(59)44(58)40(34)54)18-12-15-28-23(16-18)31-27(10-5-11-29(31)64-28)63-24-8-3-1-6-20(24)22-17-19(13-14-26(22)63)62-25-9-4-2-7-21(25)32-37(51)42(56)46(60)47(61)48(32)62/h1-17H,49-61H2. The van der Waals surface area contributed by atoms with E-state index in [9.17, 15) is 0 Å². The molecule has 0 spiro atoms. The van der Waals surface area contributed by atoms with Gasteiger partial charge in [0.1, 0.15) is 113 Å². The predicted molar refractivity (Wildman–Crippen MR) is 320 cm³/mol. The maximum Gasteiger partial charge on any atom is 0.141 e. The van der Waals surface area contributed by atoms with E-state index in [0.29, 0.717) is 0 Å². The first-order valence-electron chi connectivity index (χ1n) is 22.9.